The number of rotatable bonds is 7. The van der Waals surface area contributed by atoms with Gasteiger partial charge in [-0.2, -0.15) is 5.26 Å². The van der Waals surface area contributed by atoms with E-state index >= 15 is 0 Å². The summed E-state index contributed by atoms with van der Waals surface area (Å²) in [5.41, 5.74) is 5.51. The molecule has 0 fully saturated rings. The monoisotopic (exact) mass is 552 g/mol. The number of para-hydroxylation sites is 1. The van der Waals surface area contributed by atoms with Crippen LogP contribution in [0.5, 0.6) is 11.5 Å². The van der Waals surface area contributed by atoms with Gasteiger partial charge in [-0.05, 0) is 83.8 Å². The van der Waals surface area contributed by atoms with E-state index in [0.29, 0.717) is 23.7 Å². The van der Waals surface area contributed by atoms with E-state index in [0.717, 1.165) is 25.9 Å². The van der Waals surface area contributed by atoms with Crippen LogP contribution in [-0.2, 0) is 11.4 Å². The Morgan fingerprint density at radius 1 is 1.09 bits per heavy atom. The minimum absolute atomic E-state index is 0.00355. The molecule has 0 aliphatic rings. The van der Waals surface area contributed by atoms with E-state index in [4.69, 9.17) is 9.47 Å². The number of carbonyl (C=O) groups excluding carboxylic acids is 1. The maximum atomic E-state index is 12.8. The topological polar surface area (TPSA) is 71.3 Å². The van der Waals surface area contributed by atoms with Gasteiger partial charge in [-0.1, -0.05) is 48.0 Å². The zero-order chi connectivity index (χ0) is 24.0. The van der Waals surface area contributed by atoms with Crippen LogP contribution in [0.1, 0.15) is 27.8 Å². The molecule has 0 atom stereocenters. The van der Waals surface area contributed by atoms with Gasteiger partial charge in [0, 0.05) is 5.69 Å². The molecular weight excluding hydrogens is 527 g/mol. The van der Waals surface area contributed by atoms with E-state index in [1.54, 1.807) is 19.3 Å². The van der Waals surface area contributed by atoms with Crippen LogP contribution >= 0.6 is 22.6 Å². The summed E-state index contributed by atoms with van der Waals surface area (Å²) in [6.07, 6.45) is 1.55. The fourth-order valence-corrected chi connectivity index (χ4v) is 4.09. The molecule has 0 aromatic heterocycles. The molecule has 3 aromatic rings. The first-order valence-electron chi connectivity index (χ1n) is 10.4. The number of hydrogen-bond donors (Lipinski definition) is 1. The Hall–Kier alpha value is -3.31. The van der Waals surface area contributed by atoms with E-state index in [1.165, 1.54) is 5.56 Å². The van der Waals surface area contributed by atoms with Crippen molar-refractivity contribution in [3.63, 3.8) is 0 Å². The van der Waals surface area contributed by atoms with Crippen LogP contribution < -0.4 is 14.8 Å². The number of hydrogen-bond acceptors (Lipinski definition) is 4. The van der Waals surface area contributed by atoms with Crippen molar-refractivity contribution in [2.24, 2.45) is 0 Å². The number of halogens is 1. The minimum atomic E-state index is -0.455. The molecule has 6 heteroatoms. The van der Waals surface area contributed by atoms with Gasteiger partial charge in [0.25, 0.3) is 5.91 Å². The molecule has 0 radical (unpaired) electrons. The summed E-state index contributed by atoms with van der Waals surface area (Å²) in [4.78, 5) is 12.8. The smallest absolute Gasteiger partial charge is 0.266 e. The standard InChI is InChI=1S/C27H25IN2O3/c1-17-8-10-20(11-9-17)16-33-26-23(28)13-21(14-24(26)32-4)12-22(15-29)27(31)30-25-18(2)6-5-7-19(25)3/h5-14H,16H2,1-4H3,(H,30,31)/b22-12-. The average Bonchev–Trinajstić information content (AvgIpc) is 2.79. The normalized spacial score (nSPS) is 11.0. The first-order chi connectivity index (χ1) is 15.8. The second-order valence-corrected chi connectivity index (χ2v) is 8.86. The number of benzene rings is 3. The molecule has 0 bridgehead atoms. The van der Waals surface area contributed by atoms with Crippen LogP contribution in [0.15, 0.2) is 60.2 Å². The summed E-state index contributed by atoms with van der Waals surface area (Å²) in [7, 11) is 1.57. The Morgan fingerprint density at radius 3 is 2.36 bits per heavy atom. The van der Waals surface area contributed by atoms with Crippen molar-refractivity contribution in [1.29, 1.82) is 5.26 Å². The number of nitrogens with zero attached hydrogens (tertiary/aromatic N) is 1. The van der Waals surface area contributed by atoms with Crippen molar-refractivity contribution in [3.8, 4) is 17.6 Å². The number of aryl methyl sites for hydroxylation is 3. The molecule has 0 saturated carbocycles. The summed E-state index contributed by atoms with van der Waals surface area (Å²) in [5.74, 6) is 0.700. The molecule has 3 rings (SSSR count). The molecule has 168 valence electrons. The average molecular weight is 552 g/mol. The third-order valence-corrected chi connectivity index (χ3v) is 5.95. The van der Waals surface area contributed by atoms with Gasteiger partial charge in [-0.3, -0.25) is 4.79 Å². The molecule has 5 nitrogen and oxygen atoms in total. The highest BCUT2D eigenvalue weighted by atomic mass is 127. The number of ether oxygens (including phenoxy) is 2. The molecular formula is C27H25IN2O3. The maximum Gasteiger partial charge on any atom is 0.266 e. The van der Waals surface area contributed by atoms with Gasteiger partial charge in [-0.15, -0.1) is 0 Å². The molecule has 0 unspecified atom stereocenters. The molecule has 0 aliphatic carbocycles. The van der Waals surface area contributed by atoms with Gasteiger partial charge >= 0.3 is 0 Å². The number of methoxy groups -OCH3 is 1. The lowest BCUT2D eigenvalue weighted by molar-refractivity contribution is -0.112. The Labute approximate surface area is 208 Å². The molecule has 0 aliphatic heterocycles. The van der Waals surface area contributed by atoms with E-state index in [2.05, 4.69) is 27.9 Å². The van der Waals surface area contributed by atoms with Crippen LogP contribution in [0.25, 0.3) is 6.08 Å². The highest BCUT2D eigenvalue weighted by molar-refractivity contribution is 14.1. The molecule has 1 N–H and O–H groups in total. The third-order valence-electron chi connectivity index (χ3n) is 5.15. The van der Waals surface area contributed by atoms with E-state index in [9.17, 15) is 10.1 Å². The third kappa shape index (κ3) is 6.14. The van der Waals surface area contributed by atoms with Crippen molar-refractivity contribution in [1.82, 2.24) is 0 Å². The molecule has 1 amide bonds. The number of nitrogens with one attached hydrogen (secondary N) is 1. The van der Waals surface area contributed by atoms with Crippen LogP contribution in [0.4, 0.5) is 5.69 Å². The fraction of sp³-hybridized carbons (Fsp3) is 0.185. The predicted octanol–water partition coefficient (Wildman–Crippen LogP) is 6.35. The SMILES string of the molecule is COc1cc(/C=C(/C#N)C(=O)Nc2c(C)cccc2C)cc(I)c1OCc1ccc(C)cc1. The summed E-state index contributed by atoms with van der Waals surface area (Å²) in [6, 6.07) is 19.5. The lowest BCUT2D eigenvalue weighted by Gasteiger charge is -2.14. The van der Waals surface area contributed by atoms with Crippen molar-refractivity contribution < 1.29 is 14.3 Å². The number of anilines is 1. The van der Waals surface area contributed by atoms with Gasteiger partial charge in [0.2, 0.25) is 0 Å². The second kappa shape index (κ2) is 11.0. The second-order valence-electron chi connectivity index (χ2n) is 7.70. The van der Waals surface area contributed by atoms with Crippen LogP contribution in [0.3, 0.4) is 0 Å². The van der Waals surface area contributed by atoms with Crippen molar-refractivity contribution in [2.45, 2.75) is 27.4 Å². The molecule has 3 aromatic carbocycles. The summed E-state index contributed by atoms with van der Waals surface area (Å²) in [6.45, 7) is 6.28. The zero-order valence-electron chi connectivity index (χ0n) is 19.0. The van der Waals surface area contributed by atoms with E-state index in [-0.39, 0.29) is 5.57 Å². The number of amides is 1. The molecule has 0 spiro atoms. The Kier molecular flexibility index (Phi) is 8.12. The first-order valence-corrected chi connectivity index (χ1v) is 11.5. The highest BCUT2D eigenvalue weighted by Crippen LogP contribution is 2.35. The van der Waals surface area contributed by atoms with Gasteiger partial charge < -0.3 is 14.8 Å². The fourth-order valence-electron chi connectivity index (χ4n) is 3.31. The lowest BCUT2D eigenvalue weighted by Crippen LogP contribution is -2.15. The van der Waals surface area contributed by atoms with Gasteiger partial charge in [0.05, 0.1) is 10.7 Å². The number of carbonyl (C=O) groups is 1. The van der Waals surface area contributed by atoms with Gasteiger partial charge in [0.1, 0.15) is 18.2 Å². The van der Waals surface area contributed by atoms with Crippen molar-refractivity contribution >= 4 is 40.3 Å². The molecule has 33 heavy (non-hydrogen) atoms. The van der Waals surface area contributed by atoms with Crippen molar-refractivity contribution in [3.05, 3.63) is 91.6 Å². The molecule has 0 saturated heterocycles. The quantitative estimate of drug-likeness (QED) is 0.211. The zero-order valence-corrected chi connectivity index (χ0v) is 21.2. The summed E-state index contributed by atoms with van der Waals surface area (Å²) >= 11 is 2.17. The number of nitriles is 1. The Bertz CT molecular complexity index is 1220. The van der Waals surface area contributed by atoms with Gasteiger partial charge in [0.15, 0.2) is 11.5 Å². The van der Waals surface area contributed by atoms with Crippen molar-refractivity contribution in [2.75, 3.05) is 12.4 Å². The Balaban J connectivity index is 1.84. The largest absolute Gasteiger partial charge is 0.493 e. The van der Waals surface area contributed by atoms with Crippen LogP contribution in [0.2, 0.25) is 0 Å². The Morgan fingerprint density at radius 2 is 1.76 bits per heavy atom. The minimum Gasteiger partial charge on any atom is -0.493 e. The lowest BCUT2D eigenvalue weighted by atomic mass is 10.1. The molecule has 0 heterocycles. The predicted molar refractivity (Wildman–Crippen MR) is 139 cm³/mol. The van der Waals surface area contributed by atoms with Gasteiger partial charge in [-0.25, -0.2) is 0 Å². The first kappa shape index (κ1) is 24.3. The van der Waals surface area contributed by atoms with Crippen LogP contribution in [0, 0.1) is 35.7 Å². The van der Waals surface area contributed by atoms with Crippen LogP contribution in [-0.4, -0.2) is 13.0 Å². The summed E-state index contributed by atoms with van der Waals surface area (Å²) < 4.78 is 12.4. The van der Waals surface area contributed by atoms with E-state index in [1.807, 2.05) is 75.4 Å². The summed E-state index contributed by atoms with van der Waals surface area (Å²) in [5, 5.41) is 12.5. The highest BCUT2D eigenvalue weighted by Gasteiger charge is 2.15. The maximum absolute atomic E-state index is 12.8. The van der Waals surface area contributed by atoms with E-state index < -0.39 is 5.91 Å².